The number of carbonyl (C=O) groups is 1. The SMILES string of the molecule is CC(=O)NC([NH2+]Cc1ccccn1)(C(F)(F)F)C(F)(F)F. The van der Waals surface area contributed by atoms with Crippen LogP contribution in [-0.4, -0.2) is 28.9 Å². The van der Waals surface area contributed by atoms with Crippen LogP contribution in [0.4, 0.5) is 26.3 Å². The van der Waals surface area contributed by atoms with Gasteiger partial charge in [-0.25, -0.2) is 0 Å². The Labute approximate surface area is 115 Å². The Morgan fingerprint density at radius 3 is 2.14 bits per heavy atom. The third-order valence-electron chi connectivity index (χ3n) is 2.61. The van der Waals surface area contributed by atoms with Gasteiger partial charge in [-0.15, -0.1) is 0 Å². The van der Waals surface area contributed by atoms with Crippen molar-refractivity contribution in [1.29, 1.82) is 0 Å². The second-order valence-electron chi connectivity index (χ2n) is 4.21. The van der Waals surface area contributed by atoms with Crippen molar-refractivity contribution in [3.8, 4) is 0 Å². The van der Waals surface area contributed by atoms with Crippen LogP contribution in [0.25, 0.3) is 0 Å². The third-order valence-corrected chi connectivity index (χ3v) is 2.61. The van der Waals surface area contributed by atoms with Crippen molar-refractivity contribution in [1.82, 2.24) is 10.3 Å². The van der Waals surface area contributed by atoms with Gasteiger partial charge in [0, 0.05) is 13.1 Å². The number of hydrogen-bond acceptors (Lipinski definition) is 2. The highest BCUT2D eigenvalue weighted by Gasteiger charge is 2.76. The zero-order valence-electron chi connectivity index (χ0n) is 10.7. The van der Waals surface area contributed by atoms with Gasteiger partial charge in [-0.3, -0.25) is 15.1 Å². The van der Waals surface area contributed by atoms with Crippen LogP contribution in [-0.2, 0) is 11.3 Å². The van der Waals surface area contributed by atoms with Crippen LogP contribution in [0, 0.1) is 0 Å². The van der Waals surface area contributed by atoms with E-state index in [1.807, 2.05) is 0 Å². The third kappa shape index (κ3) is 3.84. The molecule has 0 spiro atoms. The molecule has 0 bridgehead atoms. The first kappa shape index (κ1) is 17.2. The number of aromatic nitrogens is 1. The molecule has 0 radical (unpaired) electrons. The van der Waals surface area contributed by atoms with Gasteiger partial charge in [0.25, 0.3) is 0 Å². The first-order chi connectivity index (χ1) is 9.49. The summed E-state index contributed by atoms with van der Waals surface area (Å²) in [5.41, 5.74) is -4.40. The lowest BCUT2D eigenvalue weighted by Crippen LogP contribution is -3.07. The fraction of sp³-hybridized carbons (Fsp3) is 0.455. The molecule has 0 atom stereocenters. The van der Waals surface area contributed by atoms with Gasteiger partial charge in [-0.05, 0) is 12.1 Å². The molecule has 1 heterocycles. The summed E-state index contributed by atoms with van der Waals surface area (Å²) in [6.07, 6.45) is -10.2. The Balaban J connectivity index is 3.14. The molecule has 0 aliphatic heterocycles. The van der Waals surface area contributed by atoms with Crippen LogP contribution in [0.5, 0.6) is 0 Å². The lowest BCUT2D eigenvalue weighted by molar-refractivity contribution is -0.796. The smallest absolute Gasteiger partial charge is 0.303 e. The van der Waals surface area contributed by atoms with Crippen LogP contribution < -0.4 is 10.6 Å². The number of nitrogens with one attached hydrogen (secondary N) is 1. The maximum atomic E-state index is 12.9. The predicted octanol–water partition coefficient (Wildman–Crippen LogP) is 1.10. The fourth-order valence-corrected chi connectivity index (χ4v) is 1.64. The molecule has 1 aromatic heterocycles. The van der Waals surface area contributed by atoms with Crippen molar-refractivity contribution >= 4 is 5.91 Å². The minimum atomic E-state index is -5.73. The van der Waals surface area contributed by atoms with Crippen LogP contribution >= 0.6 is 0 Å². The van der Waals surface area contributed by atoms with E-state index in [-0.39, 0.29) is 11.0 Å². The average Bonchev–Trinajstić information content (AvgIpc) is 2.32. The van der Waals surface area contributed by atoms with Gasteiger partial charge in [0.05, 0.1) is 5.69 Å². The van der Waals surface area contributed by atoms with E-state index in [0.717, 1.165) is 5.32 Å². The number of nitrogens with zero attached hydrogens (tertiary/aromatic N) is 1. The van der Waals surface area contributed by atoms with Gasteiger partial charge < -0.3 is 5.32 Å². The number of carbonyl (C=O) groups excluding carboxylic acids is 1. The molecule has 1 rings (SSSR count). The average molecular weight is 316 g/mol. The minimum Gasteiger partial charge on any atom is -0.303 e. The van der Waals surface area contributed by atoms with Gasteiger partial charge in [0.1, 0.15) is 6.54 Å². The summed E-state index contributed by atoms with van der Waals surface area (Å²) in [5.74, 6) is -1.44. The molecule has 1 amide bonds. The first-order valence-corrected chi connectivity index (χ1v) is 5.66. The van der Waals surface area contributed by atoms with Crippen molar-refractivity contribution in [3.63, 3.8) is 0 Å². The molecule has 0 aromatic carbocycles. The molecule has 118 valence electrons. The highest BCUT2D eigenvalue weighted by atomic mass is 19.4. The van der Waals surface area contributed by atoms with E-state index in [2.05, 4.69) is 4.98 Å². The fourth-order valence-electron chi connectivity index (χ4n) is 1.64. The standard InChI is InChI=1S/C11H11F6N3O/c1-7(21)20-9(10(12,13)14,11(15,16)17)19-6-8-4-2-3-5-18-8/h2-5,19H,6H2,1H3,(H,20,21)/p+1. The summed E-state index contributed by atoms with van der Waals surface area (Å²) in [5, 5.41) is 0.940. The van der Waals surface area contributed by atoms with E-state index >= 15 is 0 Å². The van der Waals surface area contributed by atoms with Crippen LogP contribution in [0.1, 0.15) is 12.6 Å². The van der Waals surface area contributed by atoms with Crippen molar-refractivity contribution < 1.29 is 36.5 Å². The first-order valence-electron chi connectivity index (χ1n) is 5.66. The molecule has 21 heavy (non-hydrogen) atoms. The van der Waals surface area contributed by atoms with Crippen molar-refractivity contribution in [2.24, 2.45) is 0 Å². The maximum absolute atomic E-state index is 12.9. The van der Waals surface area contributed by atoms with Crippen molar-refractivity contribution in [3.05, 3.63) is 30.1 Å². The zero-order chi connectivity index (χ0) is 16.3. The number of hydrogen-bond donors (Lipinski definition) is 2. The second-order valence-corrected chi connectivity index (χ2v) is 4.21. The van der Waals surface area contributed by atoms with E-state index in [1.165, 1.54) is 24.4 Å². The van der Waals surface area contributed by atoms with E-state index in [9.17, 15) is 31.1 Å². The van der Waals surface area contributed by atoms with Gasteiger partial charge in [0.2, 0.25) is 5.91 Å². The highest BCUT2D eigenvalue weighted by molar-refractivity contribution is 5.73. The van der Waals surface area contributed by atoms with E-state index in [4.69, 9.17) is 0 Å². The second kappa shape index (κ2) is 5.88. The van der Waals surface area contributed by atoms with Crippen molar-refractivity contribution in [2.75, 3.05) is 0 Å². The molecule has 4 nitrogen and oxygen atoms in total. The minimum absolute atomic E-state index is 0.0146. The number of alkyl halides is 6. The normalized spacial score (nSPS) is 13.1. The monoisotopic (exact) mass is 316 g/mol. The Bertz CT molecular complexity index is 471. The molecule has 0 aliphatic carbocycles. The van der Waals surface area contributed by atoms with Crippen LogP contribution in [0.15, 0.2) is 24.4 Å². The number of halogens is 6. The quantitative estimate of drug-likeness (QED) is 0.646. The molecule has 0 saturated carbocycles. The van der Waals surface area contributed by atoms with E-state index in [0.29, 0.717) is 6.92 Å². The highest BCUT2D eigenvalue weighted by Crippen LogP contribution is 2.38. The Kier molecular flexibility index (Phi) is 4.82. The molecule has 1 aromatic rings. The summed E-state index contributed by atoms with van der Waals surface area (Å²) in [4.78, 5) is 14.5. The summed E-state index contributed by atoms with van der Waals surface area (Å²) in [7, 11) is 0. The molecule has 0 unspecified atom stereocenters. The lowest BCUT2D eigenvalue weighted by Gasteiger charge is -2.34. The molecule has 3 N–H and O–H groups in total. The summed E-state index contributed by atoms with van der Waals surface area (Å²) < 4.78 is 77.7. The molecule has 0 saturated heterocycles. The summed E-state index contributed by atoms with van der Waals surface area (Å²) in [6, 6.07) is 4.18. The summed E-state index contributed by atoms with van der Waals surface area (Å²) in [6.45, 7) is -0.124. The number of pyridine rings is 1. The maximum Gasteiger partial charge on any atom is 0.475 e. The van der Waals surface area contributed by atoms with Crippen molar-refractivity contribution in [2.45, 2.75) is 31.5 Å². The summed E-state index contributed by atoms with van der Waals surface area (Å²) >= 11 is 0. The Morgan fingerprint density at radius 1 is 1.19 bits per heavy atom. The molecule has 0 aliphatic rings. The topological polar surface area (TPSA) is 58.6 Å². The number of amides is 1. The molecular formula is C11H12F6N3O+. The largest absolute Gasteiger partial charge is 0.475 e. The lowest BCUT2D eigenvalue weighted by atomic mass is 10.1. The van der Waals surface area contributed by atoms with Gasteiger partial charge in [-0.2, -0.15) is 26.3 Å². The predicted molar refractivity (Wildman–Crippen MR) is 58.5 cm³/mol. The molecule has 0 fully saturated rings. The van der Waals surface area contributed by atoms with Gasteiger partial charge >= 0.3 is 18.0 Å². The van der Waals surface area contributed by atoms with Gasteiger partial charge in [0.15, 0.2) is 0 Å². The Morgan fingerprint density at radius 2 is 1.76 bits per heavy atom. The van der Waals surface area contributed by atoms with Crippen LogP contribution in [0.2, 0.25) is 0 Å². The van der Waals surface area contributed by atoms with Gasteiger partial charge in [-0.1, -0.05) is 6.07 Å². The van der Waals surface area contributed by atoms with Crippen LogP contribution in [0.3, 0.4) is 0 Å². The van der Waals surface area contributed by atoms with E-state index in [1.54, 1.807) is 0 Å². The number of quaternary nitrogens is 1. The molecule has 10 heteroatoms. The van der Waals surface area contributed by atoms with E-state index < -0.39 is 30.5 Å². The Hall–Kier alpha value is -1.84. The number of nitrogens with two attached hydrogens (primary N) is 1. The number of rotatable bonds is 4. The zero-order valence-corrected chi connectivity index (χ0v) is 10.7. The molecular weight excluding hydrogens is 304 g/mol.